The molecule has 1 rings (SSSR count). The molecule has 1 atom stereocenters. The van der Waals surface area contributed by atoms with E-state index >= 15 is 0 Å². The van der Waals surface area contributed by atoms with Crippen molar-refractivity contribution in [2.75, 3.05) is 6.61 Å². The van der Waals surface area contributed by atoms with Crippen molar-refractivity contribution >= 4 is 11.6 Å². The molecule has 0 radical (unpaired) electrons. The Morgan fingerprint density at radius 2 is 1.87 bits per heavy atom. The fourth-order valence-corrected chi connectivity index (χ4v) is 1.56. The standard InChI is InChI=1S/C13H19ClO/c1-3-12(14)8-5-11-6-9-13(10-7-11)15-4-2/h6-7,9-10,12H,3-5,8H2,1-2H3. The Morgan fingerprint density at radius 1 is 1.20 bits per heavy atom. The molecule has 1 aromatic carbocycles. The quantitative estimate of drug-likeness (QED) is 0.666. The van der Waals surface area contributed by atoms with Crippen LogP contribution in [0.5, 0.6) is 5.75 Å². The number of ether oxygens (including phenoxy) is 1. The van der Waals surface area contributed by atoms with Gasteiger partial charge in [-0.1, -0.05) is 19.1 Å². The zero-order chi connectivity index (χ0) is 11.1. The summed E-state index contributed by atoms with van der Waals surface area (Å²) in [5, 5.41) is 0.302. The minimum Gasteiger partial charge on any atom is -0.494 e. The van der Waals surface area contributed by atoms with Crippen molar-refractivity contribution in [2.45, 2.75) is 38.5 Å². The summed E-state index contributed by atoms with van der Waals surface area (Å²) < 4.78 is 5.38. The Hall–Kier alpha value is -0.690. The molecule has 0 saturated heterocycles. The summed E-state index contributed by atoms with van der Waals surface area (Å²) in [6.07, 6.45) is 3.14. The molecule has 1 nitrogen and oxygen atoms in total. The van der Waals surface area contributed by atoms with Gasteiger partial charge in [0.1, 0.15) is 5.75 Å². The second-order valence-electron chi connectivity index (χ2n) is 3.62. The van der Waals surface area contributed by atoms with E-state index in [1.807, 2.05) is 19.1 Å². The second kappa shape index (κ2) is 6.73. The van der Waals surface area contributed by atoms with Crippen molar-refractivity contribution in [1.29, 1.82) is 0 Å². The van der Waals surface area contributed by atoms with Crippen LogP contribution in [0.25, 0.3) is 0 Å². The lowest BCUT2D eigenvalue weighted by atomic mass is 10.1. The molecule has 0 heterocycles. The average Bonchev–Trinajstić information content (AvgIpc) is 2.28. The summed E-state index contributed by atoms with van der Waals surface area (Å²) in [7, 11) is 0. The fourth-order valence-electron chi connectivity index (χ4n) is 1.45. The van der Waals surface area contributed by atoms with Crippen LogP contribution in [-0.4, -0.2) is 12.0 Å². The van der Waals surface area contributed by atoms with Crippen molar-refractivity contribution < 1.29 is 4.74 Å². The first-order valence-electron chi connectivity index (χ1n) is 5.62. The molecule has 84 valence electrons. The summed E-state index contributed by atoms with van der Waals surface area (Å²) in [5.74, 6) is 0.944. The van der Waals surface area contributed by atoms with Crippen LogP contribution in [0.15, 0.2) is 24.3 Å². The summed E-state index contributed by atoms with van der Waals surface area (Å²) in [6.45, 7) is 4.84. The highest BCUT2D eigenvalue weighted by Crippen LogP contribution is 2.16. The number of hydrogen-bond acceptors (Lipinski definition) is 1. The van der Waals surface area contributed by atoms with Gasteiger partial charge in [0.05, 0.1) is 6.61 Å². The first-order valence-corrected chi connectivity index (χ1v) is 6.05. The predicted molar refractivity (Wildman–Crippen MR) is 65.9 cm³/mol. The van der Waals surface area contributed by atoms with E-state index in [2.05, 4.69) is 19.1 Å². The van der Waals surface area contributed by atoms with Gasteiger partial charge in [-0.3, -0.25) is 0 Å². The molecule has 0 N–H and O–H groups in total. The van der Waals surface area contributed by atoms with E-state index < -0.39 is 0 Å². The Labute approximate surface area is 97.4 Å². The molecule has 0 bridgehead atoms. The molecule has 0 aromatic heterocycles. The number of benzene rings is 1. The molecule has 0 aliphatic carbocycles. The Bertz CT molecular complexity index is 268. The number of hydrogen-bond donors (Lipinski definition) is 0. The van der Waals surface area contributed by atoms with Gasteiger partial charge >= 0.3 is 0 Å². The van der Waals surface area contributed by atoms with Crippen molar-refractivity contribution in [3.8, 4) is 5.75 Å². The maximum Gasteiger partial charge on any atom is 0.119 e. The normalized spacial score (nSPS) is 12.5. The highest BCUT2D eigenvalue weighted by atomic mass is 35.5. The van der Waals surface area contributed by atoms with Crippen molar-refractivity contribution in [1.82, 2.24) is 0 Å². The molecule has 15 heavy (non-hydrogen) atoms. The molecular formula is C13H19ClO. The minimum absolute atomic E-state index is 0.302. The van der Waals surface area contributed by atoms with E-state index in [9.17, 15) is 0 Å². The molecule has 1 aromatic rings. The largest absolute Gasteiger partial charge is 0.494 e. The maximum atomic E-state index is 6.07. The highest BCUT2D eigenvalue weighted by Gasteiger charge is 2.02. The van der Waals surface area contributed by atoms with Gasteiger partial charge in [-0.05, 0) is 43.9 Å². The monoisotopic (exact) mass is 226 g/mol. The fraction of sp³-hybridized carbons (Fsp3) is 0.538. The van der Waals surface area contributed by atoms with Crippen LogP contribution in [0.4, 0.5) is 0 Å². The third kappa shape index (κ3) is 4.57. The molecule has 0 fully saturated rings. The van der Waals surface area contributed by atoms with Crippen molar-refractivity contribution in [3.05, 3.63) is 29.8 Å². The van der Waals surface area contributed by atoms with E-state index in [0.717, 1.165) is 31.6 Å². The van der Waals surface area contributed by atoms with Crippen LogP contribution in [0.2, 0.25) is 0 Å². The Morgan fingerprint density at radius 3 is 2.40 bits per heavy atom. The molecular weight excluding hydrogens is 208 g/mol. The zero-order valence-corrected chi connectivity index (χ0v) is 10.3. The minimum atomic E-state index is 0.302. The molecule has 1 unspecified atom stereocenters. The van der Waals surface area contributed by atoms with Gasteiger partial charge in [0.2, 0.25) is 0 Å². The number of aryl methyl sites for hydroxylation is 1. The van der Waals surface area contributed by atoms with E-state index in [4.69, 9.17) is 16.3 Å². The van der Waals surface area contributed by atoms with Crippen molar-refractivity contribution in [2.24, 2.45) is 0 Å². The van der Waals surface area contributed by atoms with Crippen LogP contribution >= 0.6 is 11.6 Å². The van der Waals surface area contributed by atoms with Gasteiger partial charge in [0.15, 0.2) is 0 Å². The topological polar surface area (TPSA) is 9.23 Å². The molecule has 0 saturated carbocycles. The van der Waals surface area contributed by atoms with Crippen LogP contribution in [-0.2, 0) is 6.42 Å². The Kier molecular flexibility index (Phi) is 5.56. The molecule has 0 aliphatic heterocycles. The maximum absolute atomic E-state index is 6.07. The lowest BCUT2D eigenvalue weighted by Gasteiger charge is -2.07. The SMILES string of the molecule is CCOc1ccc(CCC(Cl)CC)cc1. The third-order valence-electron chi connectivity index (χ3n) is 2.42. The smallest absolute Gasteiger partial charge is 0.119 e. The van der Waals surface area contributed by atoms with Gasteiger partial charge in [0, 0.05) is 5.38 Å². The summed E-state index contributed by atoms with van der Waals surface area (Å²) >= 11 is 6.07. The zero-order valence-electron chi connectivity index (χ0n) is 9.50. The number of alkyl halides is 1. The molecule has 0 spiro atoms. The predicted octanol–water partition coefficient (Wildman–Crippen LogP) is 4.04. The van der Waals surface area contributed by atoms with E-state index in [0.29, 0.717) is 5.38 Å². The molecule has 0 amide bonds. The lowest BCUT2D eigenvalue weighted by molar-refractivity contribution is 0.340. The number of halogens is 1. The van der Waals surface area contributed by atoms with Crippen LogP contribution in [0.1, 0.15) is 32.3 Å². The van der Waals surface area contributed by atoms with Crippen molar-refractivity contribution in [3.63, 3.8) is 0 Å². The number of rotatable bonds is 6. The van der Waals surface area contributed by atoms with Gasteiger partial charge in [-0.2, -0.15) is 0 Å². The van der Waals surface area contributed by atoms with E-state index in [1.54, 1.807) is 0 Å². The second-order valence-corrected chi connectivity index (χ2v) is 4.24. The lowest BCUT2D eigenvalue weighted by Crippen LogP contribution is -1.98. The summed E-state index contributed by atoms with van der Waals surface area (Å²) in [6, 6.07) is 8.27. The molecule has 0 aliphatic rings. The molecule has 2 heteroatoms. The van der Waals surface area contributed by atoms with Crippen LogP contribution < -0.4 is 4.74 Å². The summed E-state index contributed by atoms with van der Waals surface area (Å²) in [5.41, 5.74) is 1.33. The average molecular weight is 227 g/mol. The third-order valence-corrected chi connectivity index (χ3v) is 2.95. The Balaban J connectivity index is 2.42. The van der Waals surface area contributed by atoms with Crippen LogP contribution in [0.3, 0.4) is 0 Å². The van der Waals surface area contributed by atoms with Gasteiger partial charge in [-0.25, -0.2) is 0 Å². The van der Waals surface area contributed by atoms with Gasteiger partial charge < -0.3 is 4.74 Å². The first-order chi connectivity index (χ1) is 7.26. The van der Waals surface area contributed by atoms with Crippen LogP contribution in [0, 0.1) is 0 Å². The van der Waals surface area contributed by atoms with E-state index in [-0.39, 0.29) is 0 Å². The van der Waals surface area contributed by atoms with E-state index in [1.165, 1.54) is 5.56 Å². The summed E-state index contributed by atoms with van der Waals surface area (Å²) in [4.78, 5) is 0. The first kappa shape index (κ1) is 12.4. The van der Waals surface area contributed by atoms with Gasteiger partial charge in [-0.15, -0.1) is 11.6 Å². The van der Waals surface area contributed by atoms with Gasteiger partial charge in [0.25, 0.3) is 0 Å². The highest BCUT2D eigenvalue weighted by molar-refractivity contribution is 6.20.